The highest BCUT2D eigenvalue weighted by Gasteiger charge is 2.06. The fourth-order valence-corrected chi connectivity index (χ4v) is 3.01. The second kappa shape index (κ2) is 6.78. The first-order valence-electron chi connectivity index (χ1n) is 5.97. The summed E-state index contributed by atoms with van der Waals surface area (Å²) in [4.78, 5) is 8.01. The van der Waals surface area contributed by atoms with Crippen LogP contribution in [-0.2, 0) is 0 Å². The predicted octanol–water partition coefficient (Wildman–Crippen LogP) is 4.83. The van der Waals surface area contributed by atoms with E-state index in [-0.39, 0.29) is 0 Å². The van der Waals surface area contributed by atoms with E-state index in [9.17, 15) is 0 Å². The third-order valence-electron chi connectivity index (χ3n) is 2.64. The van der Waals surface area contributed by atoms with Gasteiger partial charge in [0.15, 0.2) is 11.3 Å². The Balaban J connectivity index is 0.000000136. The first kappa shape index (κ1) is 16.7. The Kier molecular flexibility index (Phi) is 4.93. The van der Waals surface area contributed by atoms with Crippen LogP contribution in [0.4, 0.5) is 0 Å². The molecule has 0 unspecified atom stereocenters. The van der Waals surface area contributed by atoms with E-state index < -0.39 is 0 Å². The number of nitrogens with zero attached hydrogens (tertiary/aromatic N) is 6. The number of fused-ring (bicyclic) bond motifs is 2. The monoisotopic (exact) mass is 452 g/mol. The molecule has 11 heteroatoms. The summed E-state index contributed by atoms with van der Waals surface area (Å²) in [6, 6.07) is 4.82. The van der Waals surface area contributed by atoms with Crippen LogP contribution in [0.25, 0.3) is 11.3 Å². The van der Waals surface area contributed by atoms with Crippen molar-refractivity contribution in [2.24, 2.45) is 0 Å². The summed E-state index contributed by atoms with van der Waals surface area (Å²) in [5, 5.41) is 9.54. The molecule has 4 aromatic rings. The van der Waals surface area contributed by atoms with Gasteiger partial charge in [-0.1, -0.05) is 46.4 Å². The Labute approximate surface area is 158 Å². The van der Waals surface area contributed by atoms with Gasteiger partial charge in [-0.2, -0.15) is 10.2 Å². The van der Waals surface area contributed by atoms with Crippen molar-refractivity contribution in [2.45, 2.75) is 0 Å². The standard InChI is InChI=1S/C6H2BrCl2N3.C6H3Cl2N3/c7-3-2-10-12-5(9)1-4(8)11-6(3)12;7-4-3-5(8)11-6(10-4)1-2-9-11/h1-2H;1-3H. The van der Waals surface area contributed by atoms with Crippen molar-refractivity contribution in [1.29, 1.82) is 0 Å². The van der Waals surface area contributed by atoms with Crippen molar-refractivity contribution in [3.8, 4) is 0 Å². The average molecular weight is 455 g/mol. The molecule has 0 aliphatic rings. The van der Waals surface area contributed by atoms with E-state index in [1.165, 1.54) is 15.1 Å². The highest BCUT2D eigenvalue weighted by atomic mass is 79.9. The number of aromatic nitrogens is 6. The molecule has 0 aliphatic heterocycles. The van der Waals surface area contributed by atoms with Crippen LogP contribution in [0.15, 0.2) is 35.1 Å². The lowest BCUT2D eigenvalue weighted by Gasteiger charge is -1.96. The van der Waals surface area contributed by atoms with Crippen molar-refractivity contribution in [3.63, 3.8) is 0 Å². The van der Waals surface area contributed by atoms with Crippen molar-refractivity contribution in [3.05, 3.63) is 55.7 Å². The number of rotatable bonds is 0. The normalized spacial score (nSPS) is 10.8. The van der Waals surface area contributed by atoms with Gasteiger partial charge >= 0.3 is 0 Å². The smallest absolute Gasteiger partial charge is 0.172 e. The highest BCUT2D eigenvalue weighted by molar-refractivity contribution is 9.10. The van der Waals surface area contributed by atoms with Crippen LogP contribution in [0.5, 0.6) is 0 Å². The number of hydrogen-bond acceptors (Lipinski definition) is 4. The van der Waals surface area contributed by atoms with Gasteiger partial charge in [-0.25, -0.2) is 19.0 Å². The maximum absolute atomic E-state index is 5.83. The highest BCUT2D eigenvalue weighted by Crippen LogP contribution is 2.21. The SMILES string of the molecule is Clc1cc(Cl)n2ncc(Br)c2n1.Clc1cc(Cl)n2nccc2n1. The van der Waals surface area contributed by atoms with Gasteiger partial charge < -0.3 is 0 Å². The van der Waals surface area contributed by atoms with E-state index in [1.54, 1.807) is 24.5 Å². The molecule has 4 aromatic heterocycles. The van der Waals surface area contributed by atoms with Crippen LogP contribution >= 0.6 is 62.3 Å². The van der Waals surface area contributed by atoms with E-state index in [2.05, 4.69) is 36.1 Å². The van der Waals surface area contributed by atoms with Gasteiger partial charge in [0.1, 0.15) is 20.6 Å². The van der Waals surface area contributed by atoms with Crippen molar-refractivity contribution < 1.29 is 0 Å². The molecule has 23 heavy (non-hydrogen) atoms. The van der Waals surface area contributed by atoms with Crippen LogP contribution in [0, 0.1) is 0 Å². The van der Waals surface area contributed by atoms with E-state index in [4.69, 9.17) is 46.4 Å². The van der Waals surface area contributed by atoms with Crippen molar-refractivity contribution in [2.75, 3.05) is 0 Å². The summed E-state index contributed by atoms with van der Waals surface area (Å²) >= 11 is 26.2. The van der Waals surface area contributed by atoms with E-state index in [0.29, 0.717) is 31.9 Å². The Hall–Kier alpha value is -1.12. The summed E-state index contributed by atoms with van der Waals surface area (Å²) in [5.74, 6) is 0. The number of halogens is 5. The maximum Gasteiger partial charge on any atom is 0.172 e. The van der Waals surface area contributed by atoms with E-state index >= 15 is 0 Å². The molecule has 0 saturated heterocycles. The molecule has 0 aliphatic carbocycles. The van der Waals surface area contributed by atoms with Crippen molar-refractivity contribution >= 4 is 73.6 Å². The van der Waals surface area contributed by atoms with E-state index in [1.807, 2.05) is 0 Å². The van der Waals surface area contributed by atoms with Gasteiger partial charge in [-0.3, -0.25) is 0 Å². The molecule has 4 heterocycles. The Morgan fingerprint density at radius 1 is 0.870 bits per heavy atom. The molecule has 0 radical (unpaired) electrons. The molecular weight excluding hydrogens is 450 g/mol. The quantitative estimate of drug-likeness (QED) is 0.357. The van der Waals surface area contributed by atoms with Crippen LogP contribution in [0.3, 0.4) is 0 Å². The van der Waals surface area contributed by atoms with Gasteiger partial charge in [0.05, 0.1) is 16.9 Å². The summed E-state index contributed by atoms with van der Waals surface area (Å²) < 4.78 is 3.78. The molecular formula is C12H5BrCl4N6. The van der Waals surface area contributed by atoms with Gasteiger partial charge in [0.2, 0.25) is 0 Å². The molecule has 0 bridgehead atoms. The third-order valence-corrected chi connectivity index (χ3v) is 4.12. The molecule has 0 N–H and O–H groups in total. The minimum Gasteiger partial charge on any atom is -0.217 e. The minimum atomic E-state index is 0.355. The molecule has 0 spiro atoms. The van der Waals surface area contributed by atoms with Gasteiger partial charge in [-0.15, -0.1) is 0 Å². The zero-order valence-corrected chi connectivity index (χ0v) is 15.6. The fraction of sp³-hybridized carbons (Fsp3) is 0. The summed E-state index contributed by atoms with van der Waals surface area (Å²) in [7, 11) is 0. The Morgan fingerprint density at radius 3 is 2.26 bits per heavy atom. The number of hydrogen-bond donors (Lipinski definition) is 0. The van der Waals surface area contributed by atoms with Crippen LogP contribution in [0.2, 0.25) is 20.6 Å². The fourth-order valence-electron chi connectivity index (χ4n) is 1.72. The van der Waals surface area contributed by atoms with Crippen molar-refractivity contribution in [1.82, 2.24) is 29.2 Å². The largest absolute Gasteiger partial charge is 0.217 e. The van der Waals surface area contributed by atoms with Gasteiger partial charge in [0.25, 0.3) is 0 Å². The van der Waals surface area contributed by atoms with Crippen LogP contribution < -0.4 is 0 Å². The molecule has 0 saturated carbocycles. The van der Waals surface area contributed by atoms with Crippen LogP contribution in [0.1, 0.15) is 0 Å². The molecule has 4 rings (SSSR count). The first-order chi connectivity index (χ1) is 11.0. The zero-order chi connectivity index (χ0) is 16.6. The lowest BCUT2D eigenvalue weighted by atomic mass is 10.6. The van der Waals surface area contributed by atoms with Gasteiger partial charge in [-0.05, 0) is 15.9 Å². The maximum atomic E-state index is 5.83. The Bertz CT molecular complexity index is 998. The Morgan fingerprint density at radius 2 is 1.52 bits per heavy atom. The van der Waals surface area contributed by atoms with Crippen LogP contribution in [-0.4, -0.2) is 29.2 Å². The molecule has 0 atom stereocenters. The lowest BCUT2D eigenvalue weighted by molar-refractivity contribution is 0.940. The zero-order valence-electron chi connectivity index (χ0n) is 11.0. The van der Waals surface area contributed by atoms with Gasteiger partial charge in [0, 0.05) is 18.2 Å². The topological polar surface area (TPSA) is 60.4 Å². The second-order valence-electron chi connectivity index (χ2n) is 4.13. The minimum absolute atomic E-state index is 0.355. The molecule has 0 amide bonds. The summed E-state index contributed by atoms with van der Waals surface area (Å²) in [5.41, 5.74) is 1.27. The molecule has 0 fully saturated rings. The lowest BCUT2D eigenvalue weighted by Crippen LogP contribution is -1.91. The summed E-state index contributed by atoms with van der Waals surface area (Å²) in [6.45, 7) is 0. The third kappa shape index (κ3) is 3.54. The first-order valence-corrected chi connectivity index (χ1v) is 8.27. The second-order valence-corrected chi connectivity index (χ2v) is 6.54. The molecule has 118 valence electrons. The predicted molar refractivity (Wildman–Crippen MR) is 93.7 cm³/mol. The molecule has 0 aromatic carbocycles. The van der Waals surface area contributed by atoms with E-state index in [0.717, 1.165) is 4.47 Å². The summed E-state index contributed by atoms with van der Waals surface area (Å²) in [6.07, 6.45) is 3.23. The average Bonchev–Trinajstić information content (AvgIpc) is 3.07. The molecule has 6 nitrogen and oxygen atoms in total.